The van der Waals surface area contributed by atoms with Crippen molar-refractivity contribution in [2.45, 2.75) is 24.9 Å². The molecule has 0 fully saturated rings. The van der Waals surface area contributed by atoms with Crippen molar-refractivity contribution in [3.63, 3.8) is 0 Å². The van der Waals surface area contributed by atoms with Gasteiger partial charge in [-0.1, -0.05) is 6.58 Å². The van der Waals surface area contributed by atoms with E-state index in [2.05, 4.69) is 19.2 Å². The van der Waals surface area contributed by atoms with Gasteiger partial charge in [-0.15, -0.1) is 0 Å². The van der Waals surface area contributed by atoms with E-state index in [1.165, 1.54) is 0 Å². The summed E-state index contributed by atoms with van der Waals surface area (Å²) in [6.07, 6.45) is 0.714. The van der Waals surface area contributed by atoms with Crippen LogP contribution < -0.4 is 5.73 Å². The molecule has 102 valence electrons. The molecule has 0 spiro atoms. The molecule has 0 aromatic heterocycles. The van der Waals surface area contributed by atoms with Crippen LogP contribution >= 0.6 is 12.6 Å². The predicted molar refractivity (Wildman–Crippen MR) is 67.2 cm³/mol. The molecule has 7 nitrogen and oxygen atoms in total. The summed E-state index contributed by atoms with van der Waals surface area (Å²) in [7, 11) is 0. The van der Waals surface area contributed by atoms with E-state index in [1.54, 1.807) is 0 Å². The van der Waals surface area contributed by atoms with Gasteiger partial charge in [0.05, 0.1) is 6.04 Å². The fraction of sp³-hybridized carbons (Fsp3) is 0.500. The van der Waals surface area contributed by atoms with Gasteiger partial charge in [0.15, 0.2) is 0 Å². The van der Waals surface area contributed by atoms with Gasteiger partial charge in [0.25, 0.3) is 0 Å². The molecule has 0 saturated carbocycles. The third kappa shape index (κ3) is 4.76. The minimum atomic E-state index is -1.23. The van der Waals surface area contributed by atoms with E-state index in [4.69, 9.17) is 15.9 Å². The lowest BCUT2D eigenvalue weighted by atomic mass is 10.1. The number of carboxylic acid groups (broad SMARTS) is 2. The Labute approximate surface area is 110 Å². The monoisotopic (exact) mass is 276 g/mol. The van der Waals surface area contributed by atoms with Crippen LogP contribution in [0.4, 0.5) is 0 Å². The molecule has 0 radical (unpaired) electrons. The van der Waals surface area contributed by atoms with Crippen LogP contribution in [0.1, 0.15) is 12.8 Å². The molecule has 2 atom stereocenters. The average molecular weight is 276 g/mol. The molecule has 0 heterocycles. The highest BCUT2D eigenvalue weighted by molar-refractivity contribution is 7.80. The van der Waals surface area contributed by atoms with Crippen molar-refractivity contribution in [1.82, 2.24) is 4.90 Å². The van der Waals surface area contributed by atoms with Gasteiger partial charge in [-0.25, -0.2) is 4.79 Å². The number of nitrogens with two attached hydrogens (primary N) is 1. The number of hydrogen-bond acceptors (Lipinski definition) is 5. The van der Waals surface area contributed by atoms with Crippen LogP contribution in [-0.2, 0) is 14.4 Å². The Kier molecular flexibility index (Phi) is 7.06. The summed E-state index contributed by atoms with van der Waals surface area (Å²) >= 11 is 3.84. The molecule has 0 saturated heterocycles. The highest BCUT2D eigenvalue weighted by atomic mass is 32.1. The maximum Gasteiger partial charge on any atom is 0.327 e. The highest BCUT2D eigenvalue weighted by Gasteiger charge is 2.29. The van der Waals surface area contributed by atoms with Crippen LogP contribution in [0.2, 0.25) is 0 Å². The maximum absolute atomic E-state index is 11.8. The fourth-order valence-electron chi connectivity index (χ4n) is 1.25. The Balaban J connectivity index is 4.73. The first-order valence-corrected chi connectivity index (χ1v) is 5.74. The fourth-order valence-corrected chi connectivity index (χ4v) is 1.58. The number of rotatable bonds is 8. The summed E-state index contributed by atoms with van der Waals surface area (Å²) < 4.78 is 0. The van der Waals surface area contributed by atoms with Crippen LogP contribution in [0.15, 0.2) is 12.8 Å². The van der Waals surface area contributed by atoms with E-state index in [-0.39, 0.29) is 18.6 Å². The first-order chi connectivity index (χ1) is 8.34. The second-order valence-electron chi connectivity index (χ2n) is 3.50. The Morgan fingerprint density at radius 1 is 1.39 bits per heavy atom. The molecule has 0 rings (SSSR count). The number of aliphatic carboxylic acids is 2. The van der Waals surface area contributed by atoms with Crippen molar-refractivity contribution in [3.8, 4) is 0 Å². The molecule has 0 bridgehead atoms. The van der Waals surface area contributed by atoms with Crippen molar-refractivity contribution in [2.75, 3.05) is 5.75 Å². The van der Waals surface area contributed by atoms with Gasteiger partial charge in [0.1, 0.15) is 6.04 Å². The smallest absolute Gasteiger partial charge is 0.327 e. The molecule has 1 amide bonds. The van der Waals surface area contributed by atoms with Crippen LogP contribution in [-0.4, -0.2) is 50.8 Å². The Morgan fingerprint density at radius 3 is 2.28 bits per heavy atom. The number of nitrogens with zero attached hydrogens (tertiary/aromatic N) is 1. The number of carbonyl (C=O) groups is 3. The normalized spacial score (nSPS) is 13.4. The molecular formula is C10H16N2O5S. The molecule has 4 N–H and O–H groups in total. The third-order valence-electron chi connectivity index (χ3n) is 2.23. The Hall–Kier alpha value is -1.54. The van der Waals surface area contributed by atoms with Gasteiger partial charge in [-0.05, 0) is 6.42 Å². The molecule has 0 aliphatic rings. The van der Waals surface area contributed by atoms with Gasteiger partial charge in [0, 0.05) is 18.4 Å². The quantitative estimate of drug-likeness (QED) is 0.445. The zero-order chi connectivity index (χ0) is 14.3. The molecule has 0 aromatic rings. The van der Waals surface area contributed by atoms with Gasteiger partial charge in [0.2, 0.25) is 5.91 Å². The van der Waals surface area contributed by atoms with Gasteiger partial charge >= 0.3 is 11.9 Å². The van der Waals surface area contributed by atoms with Crippen LogP contribution in [0, 0.1) is 0 Å². The summed E-state index contributed by atoms with van der Waals surface area (Å²) in [5.41, 5.74) is 5.51. The highest BCUT2D eigenvalue weighted by Crippen LogP contribution is 2.08. The summed E-state index contributed by atoms with van der Waals surface area (Å²) in [4.78, 5) is 33.9. The summed E-state index contributed by atoms with van der Waals surface area (Å²) in [5, 5.41) is 17.4. The van der Waals surface area contributed by atoms with E-state index in [0.717, 1.165) is 11.1 Å². The third-order valence-corrected chi connectivity index (χ3v) is 2.58. The van der Waals surface area contributed by atoms with E-state index >= 15 is 0 Å². The van der Waals surface area contributed by atoms with Gasteiger partial charge in [-0.2, -0.15) is 12.6 Å². The standard InChI is InChI=1S/C10H16N2O5S/c1-2-12(7(5-18)10(16)17)9(15)6(11)3-4-8(13)14/h2,6-7,18H,1,3-5,11H2,(H,13,14)(H,16,17)/t6-,7-/m0/s1. The first-order valence-electron chi connectivity index (χ1n) is 5.10. The molecular weight excluding hydrogens is 260 g/mol. The van der Waals surface area contributed by atoms with Gasteiger partial charge < -0.3 is 20.8 Å². The number of amides is 1. The minimum Gasteiger partial charge on any atom is -0.481 e. The zero-order valence-corrected chi connectivity index (χ0v) is 10.5. The van der Waals surface area contributed by atoms with Crippen molar-refractivity contribution in [1.29, 1.82) is 0 Å². The number of hydrogen-bond donors (Lipinski definition) is 4. The van der Waals surface area contributed by atoms with E-state index in [0.29, 0.717) is 0 Å². The average Bonchev–Trinajstić information content (AvgIpc) is 2.31. The van der Waals surface area contributed by atoms with Crippen molar-refractivity contribution >= 4 is 30.5 Å². The topological polar surface area (TPSA) is 121 Å². The van der Waals surface area contributed by atoms with E-state index in [9.17, 15) is 14.4 Å². The van der Waals surface area contributed by atoms with Gasteiger partial charge in [-0.3, -0.25) is 9.59 Å². The molecule has 0 aliphatic carbocycles. The summed E-state index contributed by atoms with van der Waals surface area (Å²) in [5.74, 6) is -3.09. The first kappa shape index (κ1) is 16.5. The van der Waals surface area contributed by atoms with Crippen molar-refractivity contribution in [3.05, 3.63) is 12.8 Å². The minimum absolute atomic E-state index is 0.0720. The number of thiol groups is 1. The number of carbonyl (C=O) groups excluding carboxylic acids is 1. The lowest BCUT2D eigenvalue weighted by molar-refractivity contribution is -0.147. The Bertz CT molecular complexity index is 347. The molecule has 18 heavy (non-hydrogen) atoms. The maximum atomic E-state index is 11.8. The molecule has 0 aromatic carbocycles. The molecule has 8 heteroatoms. The second-order valence-corrected chi connectivity index (χ2v) is 3.87. The van der Waals surface area contributed by atoms with E-state index < -0.39 is 29.9 Å². The zero-order valence-electron chi connectivity index (χ0n) is 9.65. The molecule has 0 aliphatic heterocycles. The predicted octanol–water partition coefficient (Wildman–Crippen LogP) is -0.466. The summed E-state index contributed by atoms with van der Waals surface area (Å²) in [6.45, 7) is 3.35. The number of carboxylic acids is 2. The second kappa shape index (κ2) is 7.72. The van der Waals surface area contributed by atoms with Crippen molar-refractivity contribution in [2.24, 2.45) is 5.73 Å². The Morgan fingerprint density at radius 2 is 1.94 bits per heavy atom. The van der Waals surface area contributed by atoms with Crippen LogP contribution in [0.5, 0.6) is 0 Å². The largest absolute Gasteiger partial charge is 0.481 e. The molecule has 0 unspecified atom stereocenters. The summed E-state index contributed by atoms with van der Waals surface area (Å²) in [6, 6.07) is -2.25. The van der Waals surface area contributed by atoms with Crippen molar-refractivity contribution < 1.29 is 24.6 Å². The van der Waals surface area contributed by atoms with Crippen LogP contribution in [0.3, 0.4) is 0 Å². The van der Waals surface area contributed by atoms with Crippen LogP contribution in [0.25, 0.3) is 0 Å². The van der Waals surface area contributed by atoms with E-state index in [1.807, 2.05) is 0 Å². The lowest BCUT2D eigenvalue weighted by Gasteiger charge is -2.26. The SMILES string of the molecule is C=CN(C(=O)[C@@H](N)CCC(=O)O)[C@@H](CS)C(=O)O. The lowest BCUT2D eigenvalue weighted by Crippen LogP contribution is -2.49.